The van der Waals surface area contributed by atoms with Crippen molar-refractivity contribution in [3.05, 3.63) is 48.2 Å². The molecule has 2 atom stereocenters. The number of rotatable bonds is 7. The van der Waals surface area contributed by atoms with Gasteiger partial charge in [-0.25, -0.2) is 18.1 Å². The molecule has 8 nitrogen and oxygen atoms in total. The van der Waals surface area contributed by atoms with Gasteiger partial charge in [-0.3, -0.25) is 0 Å². The van der Waals surface area contributed by atoms with Crippen LogP contribution in [0.5, 0.6) is 0 Å². The maximum Gasteiger partial charge on any atom is 0.209 e. The van der Waals surface area contributed by atoms with Crippen molar-refractivity contribution in [3.8, 4) is 0 Å². The van der Waals surface area contributed by atoms with E-state index in [1.807, 2.05) is 18.2 Å². The number of benzene rings is 1. The van der Waals surface area contributed by atoms with E-state index in [1.54, 1.807) is 6.20 Å². The van der Waals surface area contributed by atoms with Gasteiger partial charge in [0, 0.05) is 25.9 Å². The highest BCUT2D eigenvalue weighted by atomic mass is 32.2. The molecule has 34 heavy (non-hydrogen) atoms. The fourth-order valence-corrected chi connectivity index (χ4v) is 6.34. The highest BCUT2D eigenvalue weighted by Gasteiger charge is 2.33. The first-order chi connectivity index (χ1) is 16.4. The molecule has 0 radical (unpaired) electrons. The Hall–Kier alpha value is -2.36. The Balaban J connectivity index is 1.17. The van der Waals surface area contributed by atoms with E-state index < -0.39 is 10.0 Å². The molecule has 0 unspecified atom stereocenters. The van der Waals surface area contributed by atoms with Crippen LogP contribution >= 0.6 is 0 Å². The Kier molecular flexibility index (Phi) is 6.94. The predicted octanol–water partition coefficient (Wildman–Crippen LogP) is 3.36. The lowest BCUT2D eigenvalue weighted by atomic mass is 9.79. The monoisotopic (exact) mass is 485 g/mol. The fraction of sp³-hybridized carbons (Fsp3) is 0.560. The quantitative estimate of drug-likeness (QED) is 0.553. The Morgan fingerprint density at radius 1 is 1.09 bits per heavy atom. The van der Waals surface area contributed by atoms with Gasteiger partial charge >= 0.3 is 0 Å². The van der Waals surface area contributed by atoms with E-state index in [-0.39, 0.29) is 12.1 Å². The van der Waals surface area contributed by atoms with Crippen LogP contribution in [0.4, 0.5) is 17.2 Å². The molecule has 2 fully saturated rings. The number of anilines is 3. The zero-order valence-electron chi connectivity index (χ0n) is 19.7. The molecule has 9 heteroatoms. The molecule has 3 N–H and O–H groups in total. The Labute approximate surface area is 202 Å². The van der Waals surface area contributed by atoms with E-state index in [0.717, 1.165) is 44.7 Å². The van der Waals surface area contributed by atoms with Gasteiger partial charge in [0.1, 0.15) is 5.82 Å². The second-order valence-electron chi connectivity index (χ2n) is 9.84. The third-order valence-electron chi connectivity index (χ3n) is 7.36. The molecule has 1 aromatic heterocycles. The molecule has 184 valence electrons. The van der Waals surface area contributed by atoms with E-state index in [2.05, 4.69) is 43.4 Å². The summed E-state index contributed by atoms with van der Waals surface area (Å²) in [6.07, 6.45) is 8.11. The first-order valence-electron chi connectivity index (χ1n) is 12.3. The number of nitrogens with one attached hydrogen (secondary N) is 3. The molecule has 1 saturated heterocycles. The van der Waals surface area contributed by atoms with Crippen LogP contribution in [0.1, 0.15) is 43.6 Å². The summed E-state index contributed by atoms with van der Waals surface area (Å²) < 4.78 is 33.1. The van der Waals surface area contributed by atoms with Gasteiger partial charge in [0.05, 0.1) is 36.4 Å². The van der Waals surface area contributed by atoms with E-state index >= 15 is 0 Å². The second-order valence-corrected chi connectivity index (χ2v) is 11.6. The first kappa shape index (κ1) is 23.4. The lowest BCUT2D eigenvalue weighted by molar-refractivity contribution is -0.00128. The van der Waals surface area contributed by atoms with E-state index in [1.165, 1.54) is 23.2 Å². The van der Waals surface area contributed by atoms with Crippen molar-refractivity contribution in [2.24, 2.45) is 5.92 Å². The molecule has 1 aliphatic carbocycles. The third-order valence-corrected chi connectivity index (χ3v) is 8.09. The van der Waals surface area contributed by atoms with Gasteiger partial charge < -0.3 is 20.3 Å². The maximum absolute atomic E-state index is 11.9. The first-order valence-corrected chi connectivity index (χ1v) is 14.2. The van der Waals surface area contributed by atoms with Crippen molar-refractivity contribution in [2.45, 2.75) is 50.2 Å². The summed E-state index contributed by atoms with van der Waals surface area (Å²) in [6.45, 7) is 2.86. The number of aromatic nitrogens is 1. The standard InChI is InChI=1S/C25H35N5O3S/c1-34(31,32)29-22-11-13-30(25-4-2-3-12-26-25)15-24(22)33-16-18-5-7-19(8-6-18)20-9-10-21-23(14-20)28-17-27-21/h2-4,9-10,12,14,18-19,22,24,27-29H,5-8,11,13,15-17H2,1H3/t18?,19?,22-,24+/m0/s1. The molecule has 0 amide bonds. The predicted molar refractivity (Wildman–Crippen MR) is 136 cm³/mol. The summed E-state index contributed by atoms with van der Waals surface area (Å²) >= 11 is 0. The fourth-order valence-electron chi connectivity index (χ4n) is 5.52. The molecule has 5 rings (SSSR count). The summed E-state index contributed by atoms with van der Waals surface area (Å²) in [5.41, 5.74) is 3.82. The number of hydrogen-bond acceptors (Lipinski definition) is 7. The molecule has 1 saturated carbocycles. The molecule has 2 aromatic rings. The summed E-state index contributed by atoms with van der Waals surface area (Å²) in [6, 6.07) is 12.4. The van der Waals surface area contributed by atoms with E-state index in [4.69, 9.17) is 4.74 Å². The lowest BCUT2D eigenvalue weighted by Crippen LogP contribution is -2.55. The van der Waals surface area contributed by atoms with Crippen LogP contribution in [-0.4, -0.2) is 58.2 Å². The van der Waals surface area contributed by atoms with Gasteiger partial charge in [-0.1, -0.05) is 12.1 Å². The number of sulfonamides is 1. The van der Waals surface area contributed by atoms with Gasteiger partial charge in [0.15, 0.2) is 0 Å². The average molecular weight is 486 g/mol. The highest BCUT2D eigenvalue weighted by Crippen LogP contribution is 2.39. The van der Waals surface area contributed by atoms with Crippen molar-refractivity contribution in [3.63, 3.8) is 0 Å². The average Bonchev–Trinajstić information content (AvgIpc) is 3.31. The van der Waals surface area contributed by atoms with Crippen LogP contribution in [0, 0.1) is 5.92 Å². The third kappa shape index (κ3) is 5.64. The number of nitrogens with zero attached hydrogens (tertiary/aromatic N) is 2. The van der Waals surface area contributed by atoms with Crippen molar-refractivity contribution in [1.29, 1.82) is 0 Å². The van der Waals surface area contributed by atoms with Gasteiger partial charge in [-0.2, -0.15) is 0 Å². The molecule has 1 aromatic carbocycles. The van der Waals surface area contributed by atoms with Gasteiger partial charge in [0.2, 0.25) is 10.0 Å². The van der Waals surface area contributed by atoms with Crippen molar-refractivity contribution in [1.82, 2.24) is 9.71 Å². The zero-order chi connectivity index (χ0) is 23.5. The molecule has 3 aliphatic rings. The van der Waals surface area contributed by atoms with Crippen LogP contribution in [0.15, 0.2) is 42.6 Å². The van der Waals surface area contributed by atoms with Crippen LogP contribution < -0.4 is 20.3 Å². The zero-order valence-corrected chi connectivity index (χ0v) is 20.6. The second kappa shape index (κ2) is 10.1. The van der Waals surface area contributed by atoms with E-state index in [9.17, 15) is 8.42 Å². The normalized spacial score (nSPS) is 27.0. The van der Waals surface area contributed by atoms with Crippen LogP contribution in [0.25, 0.3) is 0 Å². The van der Waals surface area contributed by atoms with Crippen LogP contribution in [0.2, 0.25) is 0 Å². The smallest absolute Gasteiger partial charge is 0.209 e. The highest BCUT2D eigenvalue weighted by molar-refractivity contribution is 7.88. The molecule has 3 heterocycles. The largest absolute Gasteiger partial charge is 0.374 e. The van der Waals surface area contributed by atoms with Crippen molar-refractivity contribution in [2.75, 3.05) is 48.2 Å². The van der Waals surface area contributed by atoms with Crippen LogP contribution in [0.3, 0.4) is 0 Å². The summed E-state index contributed by atoms with van der Waals surface area (Å²) in [4.78, 5) is 6.66. The van der Waals surface area contributed by atoms with Crippen molar-refractivity contribution < 1.29 is 13.2 Å². The molecular formula is C25H35N5O3S. The maximum atomic E-state index is 11.9. The Morgan fingerprint density at radius 3 is 2.68 bits per heavy atom. The molecule has 0 bridgehead atoms. The van der Waals surface area contributed by atoms with Gasteiger partial charge in [0.25, 0.3) is 0 Å². The van der Waals surface area contributed by atoms with Crippen molar-refractivity contribution >= 4 is 27.2 Å². The van der Waals surface area contributed by atoms with E-state index in [0.29, 0.717) is 31.4 Å². The topological polar surface area (TPSA) is 95.6 Å². The minimum absolute atomic E-state index is 0.196. The summed E-state index contributed by atoms with van der Waals surface area (Å²) in [5, 5.41) is 6.73. The lowest BCUT2D eigenvalue weighted by Gasteiger charge is -2.40. The number of ether oxygens (including phenoxy) is 1. The number of pyridine rings is 1. The number of piperidine rings is 1. The number of hydrogen-bond donors (Lipinski definition) is 3. The molecule has 0 spiro atoms. The van der Waals surface area contributed by atoms with Gasteiger partial charge in [-0.15, -0.1) is 0 Å². The van der Waals surface area contributed by atoms with Gasteiger partial charge in [-0.05, 0) is 73.8 Å². The minimum Gasteiger partial charge on any atom is -0.374 e. The Bertz CT molecular complexity index is 1070. The number of fused-ring (bicyclic) bond motifs is 1. The Morgan fingerprint density at radius 2 is 1.91 bits per heavy atom. The summed E-state index contributed by atoms with van der Waals surface area (Å²) in [5.74, 6) is 2.01. The molecule has 2 aliphatic heterocycles. The minimum atomic E-state index is -3.30. The van der Waals surface area contributed by atoms with Crippen LogP contribution in [-0.2, 0) is 14.8 Å². The summed E-state index contributed by atoms with van der Waals surface area (Å²) in [7, 11) is -3.30. The SMILES string of the molecule is CS(=O)(=O)N[C@H]1CCN(c2ccccn2)C[C@H]1OCC1CCC(c2ccc3c(c2)NCN3)CC1. The molecular weight excluding hydrogens is 450 g/mol.